The lowest BCUT2D eigenvalue weighted by atomic mass is 9.66. The van der Waals surface area contributed by atoms with Crippen molar-refractivity contribution in [2.45, 2.75) is 38.6 Å². The Morgan fingerprint density at radius 2 is 2.09 bits per heavy atom. The molecule has 1 saturated carbocycles. The molecule has 0 bridgehead atoms. The molecule has 1 saturated heterocycles. The number of rotatable bonds is 5. The highest BCUT2D eigenvalue weighted by molar-refractivity contribution is 5.97. The smallest absolute Gasteiger partial charge is 0.228 e. The van der Waals surface area contributed by atoms with Crippen molar-refractivity contribution in [2.75, 3.05) is 25.5 Å². The van der Waals surface area contributed by atoms with Gasteiger partial charge in [0.25, 0.3) is 0 Å². The van der Waals surface area contributed by atoms with Gasteiger partial charge in [-0.05, 0) is 31.7 Å². The van der Waals surface area contributed by atoms with Crippen LogP contribution in [0.5, 0.6) is 5.88 Å². The van der Waals surface area contributed by atoms with Gasteiger partial charge in [0.1, 0.15) is 5.65 Å². The van der Waals surface area contributed by atoms with E-state index in [0.29, 0.717) is 28.4 Å². The van der Waals surface area contributed by atoms with Crippen molar-refractivity contribution in [1.29, 1.82) is 0 Å². The normalized spacial score (nSPS) is 22.3. The number of carbonyl (C=O) groups excluding carboxylic acids is 1. The summed E-state index contributed by atoms with van der Waals surface area (Å²) >= 11 is 0. The highest BCUT2D eigenvalue weighted by atomic mass is 19.1. The van der Waals surface area contributed by atoms with Gasteiger partial charge in [-0.1, -0.05) is 6.92 Å². The summed E-state index contributed by atoms with van der Waals surface area (Å²) in [6.07, 6.45) is 10.5. The van der Waals surface area contributed by atoms with E-state index < -0.39 is 5.82 Å². The van der Waals surface area contributed by atoms with Gasteiger partial charge in [-0.3, -0.25) is 4.79 Å². The van der Waals surface area contributed by atoms with E-state index in [1.165, 1.54) is 6.07 Å². The second-order valence-electron chi connectivity index (χ2n) is 9.53. The Morgan fingerprint density at radius 3 is 2.85 bits per heavy atom. The Kier molecular flexibility index (Phi) is 4.72. The molecule has 34 heavy (non-hydrogen) atoms. The third-order valence-corrected chi connectivity index (χ3v) is 7.08. The van der Waals surface area contributed by atoms with Crippen molar-refractivity contribution >= 4 is 28.5 Å². The molecule has 9 nitrogen and oxygen atoms in total. The first-order valence-corrected chi connectivity index (χ1v) is 11.6. The minimum absolute atomic E-state index is 0.117. The topological polar surface area (TPSA) is 100 Å². The predicted molar refractivity (Wildman–Crippen MR) is 125 cm³/mol. The number of H-pyrrole nitrogens is 1. The Labute approximate surface area is 195 Å². The van der Waals surface area contributed by atoms with Crippen molar-refractivity contribution in [3.05, 3.63) is 36.7 Å². The average molecular weight is 464 g/mol. The van der Waals surface area contributed by atoms with Crippen LogP contribution in [0.1, 0.15) is 32.6 Å². The fourth-order valence-corrected chi connectivity index (χ4v) is 5.37. The van der Waals surface area contributed by atoms with Crippen LogP contribution in [-0.2, 0) is 4.79 Å². The van der Waals surface area contributed by atoms with Crippen molar-refractivity contribution in [3.8, 4) is 17.0 Å². The SMILES string of the molecule is COc1nc(N[C@H]2C[C@](C)(C(=O)N3CCCC3)C2)nc2[nH]cc(-c3cc(F)c4nccn4c3)c12. The minimum Gasteiger partial charge on any atom is -0.480 e. The van der Waals surface area contributed by atoms with Crippen LogP contribution in [0.15, 0.2) is 30.9 Å². The van der Waals surface area contributed by atoms with Crippen LogP contribution in [0.4, 0.5) is 10.3 Å². The summed E-state index contributed by atoms with van der Waals surface area (Å²) in [5.74, 6) is 0.680. The maximum absolute atomic E-state index is 14.5. The molecule has 10 heteroatoms. The molecular formula is C24H26FN7O2. The Morgan fingerprint density at radius 1 is 1.29 bits per heavy atom. The molecule has 0 unspecified atom stereocenters. The molecule has 6 rings (SSSR count). The highest BCUT2D eigenvalue weighted by Gasteiger charge is 2.48. The zero-order valence-corrected chi connectivity index (χ0v) is 19.1. The molecule has 2 N–H and O–H groups in total. The number of aromatic amines is 1. The van der Waals surface area contributed by atoms with Crippen LogP contribution in [0.25, 0.3) is 27.8 Å². The first-order chi connectivity index (χ1) is 16.4. The van der Waals surface area contributed by atoms with E-state index in [2.05, 4.69) is 25.3 Å². The van der Waals surface area contributed by atoms with Gasteiger partial charge >= 0.3 is 0 Å². The number of imidazole rings is 1. The fourth-order valence-electron chi connectivity index (χ4n) is 5.37. The molecule has 2 fully saturated rings. The van der Waals surface area contributed by atoms with E-state index in [1.807, 2.05) is 18.0 Å². The summed E-state index contributed by atoms with van der Waals surface area (Å²) in [5, 5.41) is 4.03. The number of pyridine rings is 1. The van der Waals surface area contributed by atoms with Crippen molar-refractivity contribution < 1.29 is 13.9 Å². The molecule has 0 spiro atoms. The largest absolute Gasteiger partial charge is 0.480 e. The Balaban J connectivity index is 1.26. The van der Waals surface area contributed by atoms with Crippen molar-refractivity contribution in [1.82, 2.24) is 29.2 Å². The molecule has 0 aromatic carbocycles. The average Bonchev–Trinajstić information content (AvgIpc) is 3.57. The number of amides is 1. The van der Waals surface area contributed by atoms with E-state index in [0.717, 1.165) is 44.3 Å². The maximum Gasteiger partial charge on any atom is 0.228 e. The number of aromatic nitrogens is 5. The number of nitrogens with one attached hydrogen (secondary N) is 2. The van der Waals surface area contributed by atoms with Crippen LogP contribution < -0.4 is 10.1 Å². The summed E-state index contributed by atoms with van der Waals surface area (Å²) in [5.41, 5.74) is 1.93. The first-order valence-electron chi connectivity index (χ1n) is 11.6. The van der Waals surface area contributed by atoms with E-state index in [4.69, 9.17) is 4.74 Å². The van der Waals surface area contributed by atoms with E-state index in [-0.39, 0.29) is 23.0 Å². The summed E-state index contributed by atoms with van der Waals surface area (Å²) in [6.45, 7) is 3.79. The van der Waals surface area contributed by atoms with Crippen LogP contribution in [-0.4, -0.2) is 61.4 Å². The van der Waals surface area contributed by atoms with Crippen LogP contribution >= 0.6 is 0 Å². The van der Waals surface area contributed by atoms with Gasteiger partial charge < -0.3 is 24.3 Å². The lowest BCUT2D eigenvalue weighted by Crippen LogP contribution is -2.53. The number of likely N-dealkylation sites (tertiary alicyclic amines) is 1. The second-order valence-corrected chi connectivity index (χ2v) is 9.53. The highest BCUT2D eigenvalue weighted by Crippen LogP contribution is 2.44. The van der Waals surface area contributed by atoms with Gasteiger partial charge in [-0.25, -0.2) is 9.37 Å². The molecule has 176 valence electrons. The quantitative estimate of drug-likeness (QED) is 0.469. The predicted octanol–water partition coefficient (Wildman–Crippen LogP) is 3.62. The monoisotopic (exact) mass is 463 g/mol. The zero-order valence-electron chi connectivity index (χ0n) is 19.1. The molecule has 1 amide bonds. The lowest BCUT2D eigenvalue weighted by molar-refractivity contribution is -0.145. The standard InChI is InChI=1S/C24H26FN7O2/c1-24(22(33)31-6-3-4-7-31)10-15(11-24)28-23-29-19-18(21(30-23)34-2)16(12-27-19)14-9-17(25)20-26-5-8-32(20)13-14/h5,8-9,12-13,15H,3-4,6-7,10-11H2,1-2H3,(H2,27,28,29,30)/t15-,24-. The first kappa shape index (κ1) is 20.9. The van der Waals surface area contributed by atoms with Crippen molar-refractivity contribution in [2.24, 2.45) is 5.41 Å². The lowest BCUT2D eigenvalue weighted by Gasteiger charge is -2.45. The molecule has 1 aliphatic heterocycles. The molecule has 1 aliphatic carbocycles. The summed E-state index contributed by atoms with van der Waals surface area (Å²) < 4.78 is 21.8. The number of ether oxygens (including phenoxy) is 1. The third-order valence-electron chi connectivity index (χ3n) is 7.08. The van der Waals surface area contributed by atoms with Gasteiger partial charge in [-0.2, -0.15) is 9.97 Å². The fraction of sp³-hybridized carbons (Fsp3) is 0.417. The number of nitrogens with zero attached hydrogens (tertiary/aromatic N) is 5. The van der Waals surface area contributed by atoms with Crippen LogP contribution in [0.2, 0.25) is 0 Å². The van der Waals surface area contributed by atoms with Gasteiger partial charge in [0, 0.05) is 55.0 Å². The molecule has 2 aliphatic rings. The van der Waals surface area contributed by atoms with Crippen molar-refractivity contribution in [3.63, 3.8) is 0 Å². The molecule has 4 aromatic rings. The Bertz CT molecular complexity index is 1400. The third kappa shape index (κ3) is 3.27. The number of hydrogen-bond acceptors (Lipinski definition) is 6. The van der Waals surface area contributed by atoms with E-state index >= 15 is 0 Å². The molecule has 5 heterocycles. The van der Waals surface area contributed by atoms with Gasteiger partial charge in [0.05, 0.1) is 17.9 Å². The Hall–Kier alpha value is -3.69. The summed E-state index contributed by atoms with van der Waals surface area (Å²) in [6, 6.07) is 1.56. The van der Waals surface area contributed by atoms with Crippen LogP contribution in [0.3, 0.4) is 0 Å². The summed E-state index contributed by atoms with van der Waals surface area (Å²) in [7, 11) is 1.55. The number of carbonyl (C=O) groups is 1. The van der Waals surface area contributed by atoms with Gasteiger partial charge in [0.2, 0.25) is 17.7 Å². The van der Waals surface area contributed by atoms with Gasteiger partial charge in [-0.15, -0.1) is 0 Å². The molecular weight excluding hydrogens is 437 g/mol. The zero-order chi connectivity index (χ0) is 23.4. The molecule has 0 radical (unpaired) electrons. The van der Waals surface area contributed by atoms with E-state index in [9.17, 15) is 9.18 Å². The maximum atomic E-state index is 14.5. The van der Waals surface area contributed by atoms with E-state index in [1.54, 1.807) is 30.1 Å². The van der Waals surface area contributed by atoms with Gasteiger partial charge in [0.15, 0.2) is 11.5 Å². The minimum atomic E-state index is -0.411. The number of fused-ring (bicyclic) bond motifs is 2. The summed E-state index contributed by atoms with van der Waals surface area (Å²) in [4.78, 5) is 31.2. The molecule has 0 atom stereocenters. The number of anilines is 1. The molecule has 4 aromatic heterocycles. The number of hydrogen-bond donors (Lipinski definition) is 2. The van der Waals surface area contributed by atoms with Crippen LogP contribution in [0, 0.1) is 11.2 Å². The number of halogens is 1. The second kappa shape index (κ2) is 7.68. The number of methoxy groups -OCH3 is 1.